The third-order valence-electron chi connectivity index (χ3n) is 4.36. The Morgan fingerprint density at radius 2 is 1.55 bits per heavy atom. The van der Waals surface area contributed by atoms with Gasteiger partial charge in [0.2, 0.25) is 0 Å². The summed E-state index contributed by atoms with van der Waals surface area (Å²) in [6, 6.07) is 23.5. The Morgan fingerprint density at radius 1 is 0.871 bits per heavy atom. The molecule has 3 rings (SSSR count). The second-order valence-corrected chi connectivity index (χ2v) is 6.99. The first-order chi connectivity index (χ1) is 15.1. The molecule has 3 aromatic rings. The molecule has 6 nitrogen and oxygen atoms in total. The number of carbonyl (C=O) groups excluding carboxylic acids is 2. The number of amides is 2. The lowest BCUT2D eigenvalue weighted by Gasteiger charge is -2.12. The molecule has 0 heterocycles. The van der Waals surface area contributed by atoms with Crippen molar-refractivity contribution in [1.82, 2.24) is 10.6 Å². The van der Waals surface area contributed by atoms with E-state index in [1.807, 2.05) is 37.3 Å². The first-order valence-electron chi connectivity index (χ1n) is 9.83. The highest BCUT2D eigenvalue weighted by Crippen LogP contribution is 2.18. The second kappa shape index (κ2) is 10.9. The van der Waals surface area contributed by atoms with E-state index in [4.69, 9.17) is 17.0 Å². The van der Waals surface area contributed by atoms with Gasteiger partial charge in [0.05, 0.1) is 12.2 Å². The minimum Gasteiger partial charge on any atom is -0.493 e. The van der Waals surface area contributed by atoms with Gasteiger partial charge in [0.15, 0.2) is 5.11 Å². The molecular weight excluding hydrogens is 410 g/mol. The van der Waals surface area contributed by atoms with Crippen molar-refractivity contribution in [3.8, 4) is 5.75 Å². The van der Waals surface area contributed by atoms with Crippen LogP contribution in [0.3, 0.4) is 0 Å². The Labute approximate surface area is 186 Å². The smallest absolute Gasteiger partial charge is 0.261 e. The third-order valence-corrected chi connectivity index (χ3v) is 4.56. The van der Waals surface area contributed by atoms with Crippen LogP contribution in [0.1, 0.15) is 33.2 Å². The molecule has 0 aliphatic rings. The van der Waals surface area contributed by atoms with Crippen molar-refractivity contribution in [1.29, 1.82) is 0 Å². The zero-order valence-electron chi connectivity index (χ0n) is 17.1. The van der Waals surface area contributed by atoms with E-state index < -0.39 is 0 Å². The van der Waals surface area contributed by atoms with Gasteiger partial charge >= 0.3 is 0 Å². The molecule has 0 atom stereocenters. The maximum Gasteiger partial charge on any atom is 0.261 e. The number of carbonyl (C=O) groups is 2. The predicted octanol–water partition coefficient (Wildman–Crippen LogP) is 4.14. The maximum atomic E-state index is 12.5. The number of hydrogen-bond donors (Lipinski definition) is 3. The van der Waals surface area contributed by atoms with Crippen LogP contribution in [-0.4, -0.2) is 23.5 Å². The largest absolute Gasteiger partial charge is 0.493 e. The Kier molecular flexibility index (Phi) is 7.73. The van der Waals surface area contributed by atoms with Crippen molar-refractivity contribution in [2.75, 3.05) is 11.9 Å². The minimum atomic E-state index is -0.363. The molecule has 0 unspecified atom stereocenters. The molecule has 0 aliphatic heterocycles. The Morgan fingerprint density at radius 3 is 2.26 bits per heavy atom. The fraction of sp³-hybridized carbons (Fsp3) is 0.125. The van der Waals surface area contributed by atoms with Crippen LogP contribution in [0.4, 0.5) is 5.69 Å². The van der Waals surface area contributed by atoms with Gasteiger partial charge < -0.3 is 15.4 Å². The monoisotopic (exact) mass is 433 g/mol. The fourth-order valence-corrected chi connectivity index (χ4v) is 3.06. The molecule has 0 radical (unpaired) electrons. The lowest BCUT2D eigenvalue weighted by Crippen LogP contribution is -2.34. The molecule has 158 valence electrons. The molecule has 7 heteroatoms. The van der Waals surface area contributed by atoms with E-state index in [1.165, 1.54) is 0 Å². The Bertz CT molecular complexity index is 1050. The molecule has 31 heavy (non-hydrogen) atoms. The Balaban J connectivity index is 1.54. The summed E-state index contributed by atoms with van der Waals surface area (Å²) >= 11 is 5.24. The predicted molar refractivity (Wildman–Crippen MR) is 125 cm³/mol. The van der Waals surface area contributed by atoms with Gasteiger partial charge in [-0.05, 0) is 61.1 Å². The number of thiocarbonyl (C=S) groups is 1. The summed E-state index contributed by atoms with van der Waals surface area (Å²) in [5.74, 6) is -0.0339. The van der Waals surface area contributed by atoms with E-state index in [9.17, 15) is 9.59 Å². The van der Waals surface area contributed by atoms with Crippen LogP contribution in [-0.2, 0) is 6.54 Å². The van der Waals surface area contributed by atoms with Crippen molar-refractivity contribution in [3.63, 3.8) is 0 Å². The summed E-state index contributed by atoms with van der Waals surface area (Å²) in [6.07, 6.45) is 0. The summed E-state index contributed by atoms with van der Waals surface area (Å²) in [7, 11) is 0. The number of benzene rings is 3. The van der Waals surface area contributed by atoms with Crippen molar-refractivity contribution in [3.05, 3.63) is 95.6 Å². The van der Waals surface area contributed by atoms with Gasteiger partial charge in [-0.1, -0.05) is 42.5 Å². The SMILES string of the molecule is CCOc1ccccc1C(=O)NC(=S)Nc1ccc(C(=O)NCc2ccccc2)cc1. The van der Waals surface area contributed by atoms with E-state index in [1.54, 1.807) is 48.5 Å². The van der Waals surface area contributed by atoms with Crippen LogP contribution in [0.15, 0.2) is 78.9 Å². The molecule has 2 amide bonds. The molecule has 0 spiro atoms. The number of para-hydroxylation sites is 1. The van der Waals surface area contributed by atoms with E-state index in [0.29, 0.717) is 35.7 Å². The molecule has 0 bridgehead atoms. The van der Waals surface area contributed by atoms with Crippen LogP contribution in [0.2, 0.25) is 0 Å². The zero-order valence-corrected chi connectivity index (χ0v) is 17.9. The lowest BCUT2D eigenvalue weighted by atomic mass is 10.1. The van der Waals surface area contributed by atoms with Crippen molar-refractivity contribution >= 4 is 34.8 Å². The highest BCUT2D eigenvalue weighted by atomic mass is 32.1. The minimum absolute atomic E-state index is 0.151. The van der Waals surface area contributed by atoms with E-state index in [-0.39, 0.29) is 16.9 Å². The van der Waals surface area contributed by atoms with Gasteiger partial charge in [-0.2, -0.15) is 0 Å². The third kappa shape index (κ3) is 6.38. The standard InChI is InChI=1S/C24H23N3O3S/c1-2-30-21-11-7-6-10-20(21)23(29)27-24(31)26-19-14-12-18(13-15-19)22(28)25-16-17-8-4-3-5-9-17/h3-15H,2,16H2,1H3,(H,25,28)(H2,26,27,29,31). The summed E-state index contributed by atoms with van der Waals surface area (Å²) in [5, 5.41) is 8.62. The van der Waals surface area contributed by atoms with Crippen LogP contribution < -0.4 is 20.7 Å². The first kappa shape index (κ1) is 22.0. The first-order valence-corrected chi connectivity index (χ1v) is 10.2. The van der Waals surface area contributed by atoms with E-state index in [2.05, 4.69) is 16.0 Å². The summed E-state index contributed by atoms with van der Waals surface area (Å²) in [5.41, 5.74) is 2.62. The van der Waals surface area contributed by atoms with Crippen LogP contribution in [0, 0.1) is 0 Å². The zero-order chi connectivity index (χ0) is 22.1. The van der Waals surface area contributed by atoms with Crippen molar-refractivity contribution in [2.24, 2.45) is 0 Å². The average molecular weight is 434 g/mol. The van der Waals surface area contributed by atoms with Crippen LogP contribution in [0.25, 0.3) is 0 Å². The van der Waals surface area contributed by atoms with E-state index >= 15 is 0 Å². The quantitative estimate of drug-likeness (QED) is 0.488. The summed E-state index contributed by atoms with van der Waals surface area (Å²) in [4.78, 5) is 24.8. The van der Waals surface area contributed by atoms with Crippen molar-refractivity contribution < 1.29 is 14.3 Å². The van der Waals surface area contributed by atoms with Gasteiger partial charge in [0, 0.05) is 17.8 Å². The molecular formula is C24H23N3O3S. The molecule has 3 N–H and O–H groups in total. The second-order valence-electron chi connectivity index (χ2n) is 6.58. The van der Waals surface area contributed by atoms with Gasteiger partial charge in [0.1, 0.15) is 5.75 Å². The molecule has 0 saturated heterocycles. The fourth-order valence-electron chi connectivity index (χ4n) is 2.85. The van der Waals surface area contributed by atoms with E-state index in [0.717, 1.165) is 5.56 Å². The number of ether oxygens (including phenoxy) is 1. The summed E-state index contributed by atoms with van der Waals surface area (Å²) < 4.78 is 5.48. The topological polar surface area (TPSA) is 79.5 Å². The van der Waals surface area contributed by atoms with Crippen LogP contribution >= 0.6 is 12.2 Å². The highest BCUT2D eigenvalue weighted by molar-refractivity contribution is 7.80. The van der Waals surface area contributed by atoms with Crippen molar-refractivity contribution in [2.45, 2.75) is 13.5 Å². The number of rotatable bonds is 7. The normalized spacial score (nSPS) is 10.1. The number of nitrogens with one attached hydrogen (secondary N) is 3. The molecule has 0 saturated carbocycles. The highest BCUT2D eigenvalue weighted by Gasteiger charge is 2.13. The summed E-state index contributed by atoms with van der Waals surface area (Å²) in [6.45, 7) is 2.77. The lowest BCUT2D eigenvalue weighted by molar-refractivity contribution is 0.0948. The van der Waals surface area contributed by atoms with Gasteiger partial charge in [-0.15, -0.1) is 0 Å². The number of hydrogen-bond acceptors (Lipinski definition) is 4. The van der Waals surface area contributed by atoms with Gasteiger partial charge in [0.25, 0.3) is 11.8 Å². The Hall–Kier alpha value is -3.71. The molecule has 0 aliphatic carbocycles. The average Bonchev–Trinajstić information content (AvgIpc) is 2.79. The molecule has 0 aromatic heterocycles. The molecule has 0 fully saturated rings. The van der Waals surface area contributed by atoms with Gasteiger partial charge in [-0.3, -0.25) is 14.9 Å². The van der Waals surface area contributed by atoms with Crippen LogP contribution in [0.5, 0.6) is 5.75 Å². The maximum absolute atomic E-state index is 12.5. The van der Waals surface area contributed by atoms with Gasteiger partial charge in [-0.25, -0.2) is 0 Å². The molecule has 3 aromatic carbocycles. The number of anilines is 1.